The van der Waals surface area contributed by atoms with Crippen molar-refractivity contribution in [2.24, 2.45) is 0 Å². The third-order valence-electron chi connectivity index (χ3n) is 5.04. The number of para-hydroxylation sites is 1. The molecule has 1 aromatic carbocycles. The Hall–Kier alpha value is -3.02. The number of ether oxygens (including phenoxy) is 1. The van der Waals surface area contributed by atoms with E-state index in [-0.39, 0.29) is 43.1 Å². The summed E-state index contributed by atoms with van der Waals surface area (Å²) < 4.78 is 60.0. The van der Waals surface area contributed by atoms with Gasteiger partial charge >= 0.3 is 12.1 Å². The van der Waals surface area contributed by atoms with E-state index < -0.39 is 23.5 Å². The second-order valence-corrected chi connectivity index (χ2v) is 6.52. The SMILES string of the molecule is CC.N#Cc1ccc2n1-c1c(F)cccc1OC21CCN(C(=O)C(F)(F)F)CC1. The van der Waals surface area contributed by atoms with Gasteiger partial charge in [-0.25, -0.2) is 4.39 Å². The maximum Gasteiger partial charge on any atom is 0.471 e. The number of halogens is 4. The molecule has 0 saturated carbocycles. The fraction of sp³-hybridized carbons (Fsp3) is 0.400. The molecule has 0 unspecified atom stereocenters. The maximum absolute atomic E-state index is 14.4. The smallest absolute Gasteiger partial charge is 0.471 e. The molecule has 4 rings (SSSR count). The highest BCUT2D eigenvalue weighted by atomic mass is 19.4. The monoisotopic (exact) mass is 409 g/mol. The van der Waals surface area contributed by atoms with Crippen LogP contribution in [0.25, 0.3) is 5.69 Å². The number of nitriles is 1. The fourth-order valence-electron chi connectivity index (χ4n) is 3.79. The van der Waals surface area contributed by atoms with Crippen LogP contribution in [0.15, 0.2) is 30.3 Å². The topological polar surface area (TPSA) is 58.3 Å². The lowest BCUT2D eigenvalue weighted by molar-refractivity contribution is -0.188. The number of benzene rings is 1. The summed E-state index contributed by atoms with van der Waals surface area (Å²) in [6.07, 6.45) is -4.73. The minimum atomic E-state index is -4.93. The molecule has 5 nitrogen and oxygen atoms in total. The van der Waals surface area contributed by atoms with Gasteiger partial charge in [-0.2, -0.15) is 18.4 Å². The summed E-state index contributed by atoms with van der Waals surface area (Å²) in [6, 6.07) is 9.40. The number of carbonyl (C=O) groups excluding carboxylic acids is 1. The van der Waals surface area contributed by atoms with Gasteiger partial charge in [-0.3, -0.25) is 9.36 Å². The second-order valence-electron chi connectivity index (χ2n) is 6.52. The molecular formula is C20H19F4N3O2. The number of alkyl halides is 3. The van der Waals surface area contributed by atoms with Crippen LogP contribution in [0.1, 0.15) is 38.1 Å². The van der Waals surface area contributed by atoms with E-state index >= 15 is 0 Å². The predicted molar refractivity (Wildman–Crippen MR) is 96.0 cm³/mol. The number of amides is 1. The molecule has 2 aliphatic heterocycles. The third kappa shape index (κ3) is 3.33. The summed E-state index contributed by atoms with van der Waals surface area (Å²) in [6.45, 7) is 3.69. The van der Waals surface area contributed by atoms with Crippen LogP contribution in [-0.4, -0.2) is 34.6 Å². The standard InChI is InChI=1S/C18H13F4N3O2.C2H6/c19-12-2-1-3-13-15(12)25-11(10-23)4-5-14(25)17(27-13)6-8-24(9-7-17)16(26)18(20,21)22;1-2/h1-5H,6-9H2;1-2H3. The van der Waals surface area contributed by atoms with Crippen LogP contribution >= 0.6 is 0 Å². The van der Waals surface area contributed by atoms with E-state index in [0.717, 1.165) is 4.90 Å². The molecule has 2 aliphatic rings. The van der Waals surface area contributed by atoms with Gasteiger partial charge in [0.1, 0.15) is 23.2 Å². The first kappa shape index (κ1) is 20.7. The minimum absolute atomic E-state index is 0.0969. The number of piperidine rings is 1. The summed E-state index contributed by atoms with van der Waals surface area (Å²) in [7, 11) is 0. The molecule has 1 saturated heterocycles. The highest BCUT2D eigenvalue weighted by Crippen LogP contribution is 2.46. The number of aromatic nitrogens is 1. The zero-order valence-corrected chi connectivity index (χ0v) is 15.9. The first-order valence-corrected chi connectivity index (χ1v) is 9.23. The number of fused-ring (bicyclic) bond motifs is 4. The lowest BCUT2D eigenvalue weighted by Crippen LogP contribution is -2.52. The summed E-state index contributed by atoms with van der Waals surface area (Å²) >= 11 is 0. The normalized spacial score (nSPS) is 16.7. The molecule has 3 heterocycles. The Morgan fingerprint density at radius 1 is 1.17 bits per heavy atom. The Kier molecular flexibility index (Phi) is 5.30. The maximum atomic E-state index is 14.4. The second kappa shape index (κ2) is 7.43. The highest BCUT2D eigenvalue weighted by Gasteiger charge is 2.49. The molecule has 9 heteroatoms. The lowest BCUT2D eigenvalue weighted by atomic mass is 9.86. The van der Waals surface area contributed by atoms with E-state index in [9.17, 15) is 27.6 Å². The molecular weight excluding hydrogens is 390 g/mol. The molecule has 1 aromatic heterocycles. The Morgan fingerprint density at radius 2 is 1.83 bits per heavy atom. The largest absolute Gasteiger partial charge is 0.479 e. The van der Waals surface area contributed by atoms with Gasteiger partial charge in [0.25, 0.3) is 0 Å². The van der Waals surface area contributed by atoms with Crippen molar-refractivity contribution in [3.63, 3.8) is 0 Å². The van der Waals surface area contributed by atoms with Gasteiger partial charge in [-0.1, -0.05) is 19.9 Å². The minimum Gasteiger partial charge on any atom is -0.479 e. The zero-order chi connectivity index (χ0) is 21.4. The first-order chi connectivity index (χ1) is 13.8. The molecule has 0 bridgehead atoms. The zero-order valence-electron chi connectivity index (χ0n) is 15.9. The van der Waals surface area contributed by atoms with Crippen molar-refractivity contribution in [1.29, 1.82) is 5.26 Å². The molecule has 0 aliphatic carbocycles. The van der Waals surface area contributed by atoms with E-state index in [0.29, 0.717) is 5.69 Å². The van der Waals surface area contributed by atoms with Gasteiger partial charge in [0.15, 0.2) is 11.4 Å². The summed E-state index contributed by atoms with van der Waals surface area (Å²) in [5.41, 5.74) is -0.227. The molecule has 29 heavy (non-hydrogen) atoms. The first-order valence-electron chi connectivity index (χ1n) is 9.23. The number of hydrogen-bond acceptors (Lipinski definition) is 3. The van der Waals surface area contributed by atoms with Crippen molar-refractivity contribution >= 4 is 5.91 Å². The van der Waals surface area contributed by atoms with Gasteiger partial charge in [0.2, 0.25) is 0 Å². The molecule has 154 valence electrons. The van der Waals surface area contributed by atoms with Crippen LogP contribution < -0.4 is 4.74 Å². The quantitative estimate of drug-likeness (QED) is 0.610. The van der Waals surface area contributed by atoms with Gasteiger partial charge in [-0.05, 0) is 24.3 Å². The van der Waals surface area contributed by atoms with Crippen molar-refractivity contribution < 1.29 is 27.1 Å². The van der Waals surface area contributed by atoms with Crippen molar-refractivity contribution in [2.75, 3.05) is 13.1 Å². The Labute approximate surface area is 165 Å². The summed E-state index contributed by atoms with van der Waals surface area (Å²) in [4.78, 5) is 12.2. The molecule has 2 aromatic rings. The van der Waals surface area contributed by atoms with Crippen LogP contribution in [0.4, 0.5) is 17.6 Å². The molecule has 0 radical (unpaired) electrons. The van der Waals surface area contributed by atoms with Gasteiger partial charge in [-0.15, -0.1) is 0 Å². The van der Waals surface area contributed by atoms with Crippen molar-refractivity contribution in [3.05, 3.63) is 47.5 Å². The van der Waals surface area contributed by atoms with Crippen LogP contribution in [0.3, 0.4) is 0 Å². The van der Waals surface area contributed by atoms with Crippen LogP contribution in [0.2, 0.25) is 0 Å². The lowest BCUT2D eigenvalue weighted by Gasteiger charge is -2.45. The van der Waals surface area contributed by atoms with Crippen molar-refractivity contribution in [2.45, 2.75) is 38.5 Å². The number of carbonyl (C=O) groups is 1. The molecule has 0 N–H and O–H groups in total. The Balaban J connectivity index is 0.00000117. The Morgan fingerprint density at radius 3 is 2.41 bits per heavy atom. The van der Waals surface area contributed by atoms with Crippen LogP contribution in [-0.2, 0) is 10.4 Å². The average molecular weight is 409 g/mol. The van der Waals surface area contributed by atoms with E-state index in [1.54, 1.807) is 12.1 Å². The number of rotatable bonds is 0. The fourth-order valence-corrected chi connectivity index (χ4v) is 3.79. The summed E-state index contributed by atoms with van der Waals surface area (Å²) in [5.74, 6) is -2.24. The summed E-state index contributed by atoms with van der Waals surface area (Å²) in [5, 5.41) is 9.38. The highest BCUT2D eigenvalue weighted by molar-refractivity contribution is 5.82. The van der Waals surface area contributed by atoms with Crippen molar-refractivity contribution in [1.82, 2.24) is 9.47 Å². The third-order valence-corrected chi connectivity index (χ3v) is 5.04. The van der Waals surface area contributed by atoms with E-state index in [2.05, 4.69) is 0 Å². The van der Waals surface area contributed by atoms with Gasteiger partial charge in [0, 0.05) is 25.9 Å². The molecule has 1 fully saturated rings. The average Bonchev–Trinajstić information content (AvgIpc) is 3.14. The predicted octanol–water partition coefficient (Wildman–Crippen LogP) is 4.29. The van der Waals surface area contributed by atoms with Crippen LogP contribution in [0.5, 0.6) is 5.75 Å². The molecule has 1 spiro atoms. The van der Waals surface area contributed by atoms with Crippen molar-refractivity contribution in [3.8, 4) is 17.5 Å². The van der Waals surface area contributed by atoms with E-state index in [1.165, 1.54) is 22.8 Å². The van der Waals surface area contributed by atoms with Gasteiger partial charge < -0.3 is 9.64 Å². The van der Waals surface area contributed by atoms with E-state index in [1.807, 2.05) is 19.9 Å². The number of likely N-dealkylation sites (tertiary alicyclic amines) is 1. The Bertz CT molecular complexity index is 967. The van der Waals surface area contributed by atoms with E-state index in [4.69, 9.17) is 4.74 Å². The molecule has 0 atom stereocenters. The van der Waals surface area contributed by atoms with Gasteiger partial charge in [0.05, 0.1) is 5.69 Å². The number of nitrogens with zero attached hydrogens (tertiary/aromatic N) is 3. The molecule has 1 amide bonds. The van der Waals surface area contributed by atoms with Crippen LogP contribution in [0, 0.1) is 17.1 Å². The number of hydrogen-bond donors (Lipinski definition) is 0.